The van der Waals surface area contributed by atoms with Gasteiger partial charge in [0.25, 0.3) is 0 Å². The molecule has 0 saturated heterocycles. The number of halogens is 1. The van der Waals surface area contributed by atoms with Crippen LogP contribution >= 0.6 is 15.9 Å². The highest BCUT2D eigenvalue weighted by molar-refractivity contribution is 9.09. The Labute approximate surface area is 128 Å². The quantitative estimate of drug-likeness (QED) is 0.752. The van der Waals surface area contributed by atoms with Gasteiger partial charge >= 0.3 is 0 Å². The first kappa shape index (κ1) is 14.1. The van der Waals surface area contributed by atoms with Gasteiger partial charge in [-0.15, -0.1) is 0 Å². The number of ether oxygens (including phenoxy) is 3. The van der Waals surface area contributed by atoms with E-state index in [4.69, 9.17) is 14.2 Å². The Morgan fingerprint density at radius 1 is 0.950 bits per heavy atom. The van der Waals surface area contributed by atoms with Crippen molar-refractivity contribution in [3.05, 3.63) is 17.7 Å². The summed E-state index contributed by atoms with van der Waals surface area (Å²) in [4.78, 5) is 0.283. The van der Waals surface area contributed by atoms with E-state index in [2.05, 4.69) is 15.9 Å². The van der Waals surface area contributed by atoms with E-state index in [9.17, 15) is 0 Å². The molecule has 1 aromatic rings. The van der Waals surface area contributed by atoms with Crippen LogP contribution in [0, 0.1) is 17.8 Å². The molecule has 1 aromatic carbocycles. The number of hydrogen-bond donors (Lipinski definition) is 0. The van der Waals surface area contributed by atoms with E-state index >= 15 is 0 Å². The lowest BCUT2D eigenvalue weighted by atomic mass is 9.93. The first-order chi connectivity index (χ1) is 9.67. The average molecular weight is 341 g/mol. The van der Waals surface area contributed by atoms with E-state index < -0.39 is 0 Å². The zero-order valence-corrected chi connectivity index (χ0v) is 13.8. The molecule has 3 unspecified atom stereocenters. The minimum absolute atomic E-state index is 0.283. The highest BCUT2D eigenvalue weighted by Crippen LogP contribution is 2.60. The molecule has 2 aliphatic carbocycles. The third-order valence-electron chi connectivity index (χ3n) is 4.72. The first-order valence-electron chi connectivity index (χ1n) is 7.11. The van der Waals surface area contributed by atoms with Crippen molar-refractivity contribution in [2.45, 2.75) is 24.1 Å². The molecule has 0 heterocycles. The van der Waals surface area contributed by atoms with Gasteiger partial charge in [0.05, 0.1) is 26.9 Å². The molecule has 0 N–H and O–H groups in total. The number of hydrogen-bond acceptors (Lipinski definition) is 3. The third kappa shape index (κ3) is 2.39. The topological polar surface area (TPSA) is 27.7 Å². The molecule has 0 bridgehead atoms. The molecule has 0 amide bonds. The predicted molar refractivity (Wildman–Crippen MR) is 82.1 cm³/mol. The van der Waals surface area contributed by atoms with E-state index in [1.807, 2.05) is 12.1 Å². The van der Waals surface area contributed by atoms with Gasteiger partial charge in [0.1, 0.15) is 17.2 Å². The van der Waals surface area contributed by atoms with Crippen molar-refractivity contribution in [2.24, 2.45) is 17.8 Å². The summed E-state index contributed by atoms with van der Waals surface area (Å²) in [6, 6.07) is 3.86. The monoisotopic (exact) mass is 340 g/mol. The van der Waals surface area contributed by atoms with Crippen molar-refractivity contribution in [3.63, 3.8) is 0 Å². The molecule has 3 atom stereocenters. The number of rotatable bonds is 5. The maximum Gasteiger partial charge on any atom is 0.130 e. The van der Waals surface area contributed by atoms with Crippen molar-refractivity contribution < 1.29 is 14.2 Å². The van der Waals surface area contributed by atoms with Gasteiger partial charge in [-0.05, 0) is 37.0 Å². The van der Waals surface area contributed by atoms with Gasteiger partial charge in [0.2, 0.25) is 0 Å². The SMILES string of the molecule is COc1cc(OC)c(C(Br)C2CC3CC3C2)c(OC)c1. The molecular weight excluding hydrogens is 320 g/mol. The fourth-order valence-electron chi connectivity index (χ4n) is 3.54. The van der Waals surface area contributed by atoms with Gasteiger partial charge in [0, 0.05) is 17.0 Å². The molecule has 0 radical (unpaired) electrons. The maximum atomic E-state index is 5.56. The van der Waals surface area contributed by atoms with Crippen molar-refractivity contribution in [2.75, 3.05) is 21.3 Å². The van der Waals surface area contributed by atoms with Crippen molar-refractivity contribution in [1.29, 1.82) is 0 Å². The van der Waals surface area contributed by atoms with Gasteiger partial charge < -0.3 is 14.2 Å². The predicted octanol–water partition coefficient (Wildman–Crippen LogP) is 4.19. The van der Waals surface area contributed by atoms with E-state index in [0.29, 0.717) is 5.92 Å². The minimum Gasteiger partial charge on any atom is -0.496 e. The van der Waals surface area contributed by atoms with Crippen molar-refractivity contribution >= 4 is 15.9 Å². The second-order valence-electron chi connectivity index (χ2n) is 5.83. The van der Waals surface area contributed by atoms with Gasteiger partial charge in [-0.3, -0.25) is 0 Å². The molecule has 2 fully saturated rings. The summed E-state index contributed by atoms with van der Waals surface area (Å²) in [5.41, 5.74) is 1.11. The molecule has 2 aliphatic rings. The maximum absolute atomic E-state index is 5.56. The summed E-state index contributed by atoms with van der Waals surface area (Å²) in [6.07, 6.45) is 4.07. The van der Waals surface area contributed by atoms with Gasteiger partial charge in [-0.1, -0.05) is 15.9 Å². The summed E-state index contributed by atoms with van der Waals surface area (Å²) < 4.78 is 16.4. The normalized spacial score (nSPS) is 28.7. The molecular formula is C16H21BrO3. The Balaban J connectivity index is 1.93. The molecule has 3 nitrogen and oxygen atoms in total. The third-order valence-corrected chi connectivity index (χ3v) is 5.93. The second-order valence-corrected chi connectivity index (χ2v) is 6.82. The lowest BCUT2D eigenvalue weighted by Crippen LogP contribution is -2.09. The Hall–Kier alpha value is -0.900. The molecule has 0 aromatic heterocycles. The highest BCUT2D eigenvalue weighted by atomic mass is 79.9. The molecule has 20 heavy (non-hydrogen) atoms. The van der Waals surface area contributed by atoms with Gasteiger partial charge in [-0.25, -0.2) is 0 Å². The van der Waals surface area contributed by atoms with Crippen LogP contribution in [0.1, 0.15) is 29.7 Å². The molecule has 3 rings (SSSR count). The summed E-state index contributed by atoms with van der Waals surface area (Å²) in [6.45, 7) is 0. The van der Waals surface area contributed by atoms with Crippen LogP contribution in [0.5, 0.6) is 17.2 Å². The lowest BCUT2D eigenvalue weighted by molar-refractivity contribution is 0.360. The summed E-state index contributed by atoms with van der Waals surface area (Å²) in [5.74, 6) is 5.05. The fraction of sp³-hybridized carbons (Fsp3) is 0.625. The Bertz CT molecular complexity index is 467. The number of fused-ring (bicyclic) bond motifs is 1. The Kier molecular flexibility index (Phi) is 3.85. The van der Waals surface area contributed by atoms with Crippen LogP contribution in [0.4, 0.5) is 0 Å². The zero-order chi connectivity index (χ0) is 14.3. The molecule has 0 spiro atoms. The first-order valence-corrected chi connectivity index (χ1v) is 8.03. The summed E-state index contributed by atoms with van der Waals surface area (Å²) in [7, 11) is 5.05. The van der Waals surface area contributed by atoms with E-state index in [1.165, 1.54) is 19.3 Å². The smallest absolute Gasteiger partial charge is 0.130 e. The lowest BCUT2D eigenvalue weighted by Gasteiger charge is -2.24. The van der Waals surface area contributed by atoms with E-state index in [-0.39, 0.29) is 4.83 Å². The average Bonchev–Trinajstić information content (AvgIpc) is 3.10. The minimum atomic E-state index is 0.283. The van der Waals surface area contributed by atoms with Crippen molar-refractivity contribution in [3.8, 4) is 17.2 Å². The summed E-state index contributed by atoms with van der Waals surface area (Å²) >= 11 is 3.89. The molecule has 0 aliphatic heterocycles. The Morgan fingerprint density at radius 3 is 1.95 bits per heavy atom. The van der Waals surface area contributed by atoms with Crippen LogP contribution in [0.3, 0.4) is 0 Å². The largest absolute Gasteiger partial charge is 0.496 e. The Morgan fingerprint density at radius 2 is 1.50 bits per heavy atom. The second kappa shape index (κ2) is 5.47. The molecule has 4 heteroatoms. The molecule has 2 saturated carbocycles. The van der Waals surface area contributed by atoms with Crippen LogP contribution in [0.2, 0.25) is 0 Å². The zero-order valence-electron chi connectivity index (χ0n) is 12.2. The number of benzene rings is 1. The van der Waals surface area contributed by atoms with Gasteiger partial charge in [0.15, 0.2) is 0 Å². The van der Waals surface area contributed by atoms with Crippen molar-refractivity contribution in [1.82, 2.24) is 0 Å². The highest BCUT2D eigenvalue weighted by Gasteiger charge is 2.48. The van der Waals surface area contributed by atoms with Crippen LogP contribution in [0.15, 0.2) is 12.1 Å². The van der Waals surface area contributed by atoms with Crippen LogP contribution in [-0.4, -0.2) is 21.3 Å². The number of methoxy groups -OCH3 is 3. The van der Waals surface area contributed by atoms with Crippen LogP contribution < -0.4 is 14.2 Å². The standard InChI is InChI=1S/C16H21BrO3/c1-18-12-7-13(19-2)15(14(8-12)20-3)16(17)11-5-9-4-10(9)6-11/h7-11,16H,4-6H2,1-3H3. The fourth-order valence-corrected chi connectivity index (χ4v) is 4.42. The van der Waals surface area contributed by atoms with E-state index in [1.54, 1.807) is 21.3 Å². The summed E-state index contributed by atoms with van der Waals surface area (Å²) in [5, 5.41) is 0. The van der Waals surface area contributed by atoms with Crippen LogP contribution in [0.25, 0.3) is 0 Å². The number of alkyl halides is 1. The van der Waals surface area contributed by atoms with Crippen LogP contribution in [-0.2, 0) is 0 Å². The van der Waals surface area contributed by atoms with Gasteiger partial charge in [-0.2, -0.15) is 0 Å². The van der Waals surface area contributed by atoms with E-state index in [0.717, 1.165) is 34.6 Å². The molecule has 110 valence electrons.